The van der Waals surface area contributed by atoms with Crippen LogP contribution in [0.1, 0.15) is 29.9 Å². The Balaban J connectivity index is 1.71. The van der Waals surface area contributed by atoms with E-state index in [1.54, 1.807) is 12.1 Å². The first-order chi connectivity index (χ1) is 12.0. The van der Waals surface area contributed by atoms with E-state index in [-0.39, 0.29) is 17.5 Å². The van der Waals surface area contributed by atoms with Crippen LogP contribution in [0, 0.1) is 0 Å². The van der Waals surface area contributed by atoms with Crippen molar-refractivity contribution in [1.82, 2.24) is 0 Å². The first-order valence-corrected chi connectivity index (χ1v) is 8.74. The average molecular weight is 374 g/mol. The average Bonchev–Trinajstić information content (AvgIpc) is 2.61. The number of Topliss-reactive ketones (excluding diaryl/α,β-unsaturated/α-hetero) is 1. The van der Waals surface area contributed by atoms with Crippen molar-refractivity contribution in [3.05, 3.63) is 81.0 Å². The van der Waals surface area contributed by atoms with Crippen LogP contribution < -0.4 is 0 Å². The Labute approximate surface area is 156 Å². The predicted octanol–water partition coefficient (Wildman–Crippen LogP) is 5.52. The number of aliphatic imine (C=N–C) groups is 1. The maximum atomic E-state index is 12.4. The zero-order chi connectivity index (χ0) is 17.8. The number of nitrogens with zero attached hydrogens (tertiary/aromatic N) is 1. The van der Waals surface area contributed by atoms with Crippen molar-refractivity contribution in [2.45, 2.75) is 25.3 Å². The molecule has 1 aliphatic carbocycles. The molecule has 1 unspecified atom stereocenters. The molecule has 3 nitrogen and oxygen atoms in total. The fourth-order valence-corrected chi connectivity index (χ4v) is 3.22. The third-order valence-corrected chi connectivity index (χ3v) is 4.97. The molecule has 0 aromatic heterocycles. The summed E-state index contributed by atoms with van der Waals surface area (Å²) in [5.74, 6) is 0.0272. The SMILES string of the molecule is O=C1CC(c2ccccc2)CC(O)=C1C=NCc1ccc(Cl)c(Cl)c1. The molecule has 0 spiro atoms. The number of ketones is 1. The molecule has 5 heteroatoms. The number of hydrogen-bond acceptors (Lipinski definition) is 3. The van der Waals surface area contributed by atoms with Crippen LogP contribution in [0.3, 0.4) is 0 Å². The van der Waals surface area contributed by atoms with Crippen molar-refractivity contribution in [3.8, 4) is 0 Å². The number of aliphatic hydroxyl groups excluding tert-OH is 1. The minimum absolute atomic E-state index is 0.0147. The second-order valence-corrected chi connectivity index (χ2v) is 6.83. The molecule has 0 bridgehead atoms. The molecule has 25 heavy (non-hydrogen) atoms. The van der Waals surface area contributed by atoms with Crippen LogP contribution in [0.5, 0.6) is 0 Å². The normalized spacial score (nSPS) is 18.2. The van der Waals surface area contributed by atoms with Crippen LogP contribution in [0.15, 0.2) is 64.9 Å². The highest BCUT2D eigenvalue weighted by Crippen LogP contribution is 2.33. The van der Waals surface area contributed by atoms with Crippen molar-refractivity contribution >= 4 is 35.2 Å². The molecule has 0 aliphatic heterocycles. The summed E-state index contributed by atoms with van der Waals surface area (Å²) in [6.45, 7) is 0.364. The van der Waals surface area contributed by atoms with Crippen LogP contribution in [-0.4, -0.2) is 17.1 Å². The van der Waals surface area contributed by atoms with Gasteiger partial charge in [-0.2, -0.15) is 0 Å². The van der Waals surface area contributed by atoms with Gasteiger partial charge in [-0.1, -0.05) is 59.6 Å². The summed E-state index contributed by atoms with van der Waals surface area (Å²) in [6.07, 6.45) is 2.29. The van der Waals surface area contributed by atoms with Crippen LogP contribution in [0.4, 0.5) is 0 Å². The van der Waals surface area contributed by atoms with E-state index in [4.69, 9.17) is 23.2 Å². The topological polar surface area (TPSA) is 49.7 Å². The minimum atomic E-state index is -0.0875. The molecule has 0 saturated carbocycles. The second-order valence-electron chi connectivity index (χ2n) is 6.02. The first-order valence-electron chi connectivity index (χ1n) is 7.98. The van der Waals surface area contributed by atoms with Crippen LogP contribution in [-0.2, 0) is 11.3 Å². The molecule has 1 atom stereocenters. The maximum Gasteiger partial charge on any atom is 0.168 e. The number of benzene rings is 2. The molecule has 0 saturated heterocycles. The summed E-state index contributed by atoms with van der Waals surface area (Å²) < 4.78 is 0. The molecule has 0 heterocycles. The van der Waals surface area contributed by atoms with Crippen molar-refractivity contribution in [3.63, 3.8) is 0 Å². The monoisotopic (exact) mass is 373 g/mol. The standard InChI is InChI=1S/C20H17Cl2NO2/c21-17-7-6-13(8-18(17)22)11-23-12-16-19(24)9-15(10-20(16)25)14-4-2-1-3-5-14/h1-8,12,15,24H,9-11H2. The van der Waals surface area contributed by atoms with E-state index < -0.39 is 0 Å². The third-order valence-electron chi connectivity index (χ3n) is 4.23. The summed E-state index contributed by atoms with van der Waals surface area (Å²) >= 11 is 11.9. The van der Waals surface area contributed by atoms with E-state index in [1.165, 1.54) is 6.21 Å². The lowest BCUT2D eigenvalue weighted by molar-refractivity contribution is -0.116. The van der Waals surface area contributed by atoms with Crippen molar-refractivity contribution in [2.24, 2.45) is 4.99 Å². The van der Waals surface area contributed by atoms with E-state index in [9.17, 15) is 9.90 Å². The van der Waals surface area contributed by atoms with Gasteiger partial charge in [0.15, 0.2) is 5.78 Å². The summed E-state index contributed by atoms with van der Waals surface area (Å²) in [6, 6.07) is 15.1. The van der Waals surface area contributed by atoms with Crippen molar-refractivity contribution in [1.29, 1.82) is 0 Å². The number of halogens is 2. The van der Waals surface area contributed by atoms with Crippen molar-refractivity contribution < 1.29 is 9.90 Å². The Hall–Kier alpha value is -2.10. The highest BCUT2D eigenvalue weighted by molar-refractivity contribution is 6.42. The van der Waals surface area contributed by atoms with Gasteiger partial charge in [-0.25, -0.2) is 0 Å². The fourth-order valence-electron chi connectivity index (χ4n) is 2.90. The first kappa shape index (κ1) is 17.7. The van der Waals surface area contributed by atoms with Crippen LogP contribution in [0.2, 0.25) is 10.0 Å². The van der Waals surface area contributed by atoms with E-state index in [0.717, 1.165) is 11.1 Å². The smallest absolute Gasteiger partial charge is 0.168 e. The Bertz CT molecular complexity index is 844. The zero-order valence-electron chi connectivity index (χ0n) is 13.5. The van der Waals surface area contributed by atoms with Crippen LogP contribution in [0.25, 0.3) is 0 Å². The summed E-state index contributed by atoms with van der Waals surface area (Å²) in [4.78, 5) is 16.7. The van der Waals surface area contributed by atoms with Gasteiger partial charge in [0.05, 0.1) is 22.2 Å². The van der Waals surface area contributed by atoms with Gasteiger partial charge in [0.25, 0.3) is 0 Å². The number of carbonyl (C=O) groups is 1. The highest BCUT2D eigenvalue weighted by Gasteiger charge is 2.27. The van der Waals surface area contributed by atoms with Gasteiger partial charge in [-0.15, -0.1) is 0 Å². The Kier molecular flexibility index (Phi) is 5.57. The fraction of sp³-hybridized carbons (Fsp3) is 0.200. The molecular formula is C20H17Cl2NO2. The third kappa shape index (κ3) is 4.30. The highest BCUT2D eigenvalue weighted by atomic mass is 35.5. The molecule has 3 rings (SSSR count). The van der Waals surface area contributed by atoms with Gasteiger partial charge in [0.2, 0.25) is 0 Å². The molecule has 0 fully saturated rings. The van der Waals surface area contributed by atoms with E-state index in [1.807, 2.05) is 36.4 Å². The van der Waals surface area contributed by atoms with E-state index in [2.05, 4.69) is 4.99 Å². The quantitative estimate of drug-likeness (QED) is 0.716. The molecule has 1 aliphatic rings. The second kappa shape index (κ2) is 7.85. The van der Waals surface area contributed by atoms with Crippen molar-refractivity contribution in [2.75, 3.05) is 0 Å². The Morgan fingerprint density at radius 1 is 1.08 bits per heavy atom. The lowest BCUT2D eigenvalue weighted by Gasteiger charge is -2.22. The largest absolute Gasteiger partial charge is 0.511 e. The number of allylic oxidation sites excluding steroid dienone is 2. The van der Waals surface area contributed by atoms with Gasteiger partial charge in [0, 0.05) is 19.1 Å². The molecule has 128 valence electrons. The molecule has 2 aromatic rings. The zero-order valence-corrected chi connectivity index (χ0v) is 15.0. The van der Waals surface area contributed by atoms with Crippen LogP contribution >= 0.6 is 23.2 Å². The minimum Gasteiger partial charge on any atom is -0.511 e. The van der Waals surface area contributed by atoms with Gasteiger partial charge in [-0.3, -0.25) is 9.79 Å². The predicted molar refractivity (Wildman–Crippen MR) is 102 cm³/mol. The molecule has 0 radical (unpaired) electrons. The lowest BCUT2D eigenvalue weighted by Crippen LogP contribution is -2.19. The summed E-state index contributed by atoms with van der Waals surface area (Å²) in [5.41, 5.74) is 2.25. The van der Waals surface area contributed by atoms with Gasteiger partial charge < -0.3 is 5.11 Å². The molecule has 2 aromatic carbocycles. The van der Waals surface area contributed by atoms with Gasteiger partial charge >= 0.3 is 0 Å². The lowest BCUT2D eigenvalue weighted by atomic mass is 9.83. The molecular weight excluding hydrogens is 357 g/mol. The van der Waals surface area contributed by atoms with Gasteiger partial charge in [0.1, 0.15) is 5.76 Å². The van der Waals surface area contributed by atoms with Gasteiger partial charge in [-0.05, 0) is 29.2 Å². The maximum absolute atomic E-state index is 12.4. The number of rotatable bonds is 4. The van der Waals surface area contributed by atoms with E-state index in [0.29, 0.717) is 35.0 Å². The Morgan fingerprint density at radius 3 is 2.52 bits per heavy atom. The number of carbonyl (C=O) groups excluding carboxylic acids is 1. The molecule has 0 amide bonds. The number of aliphatic hydroxyl groups is 1. The summed E-state index contributed by atoms with van der Waals surface area (Å²) in [7, 11) is 0. The van der Waals surface area contributed by atoms with E-state index >= 15 is 0 Å². The molecule has 1 N–H and O–H groups in total. The Morgan fingerprint density at radius 2 is 1.84 bits per heavy atom. The number of hydrogen-bond donors (Lipinski definition) is 1. The summed E-state index contributed by atoms with van der Waals surface area (Å²) in [5, 5.41) is 11.2.